The van der Waals surface area contributed by atoms with Crippen LogP contribution in [0.5, 0.6) is 11.5 Å². The molecule has 0 spiro atoms. The van der Waals surface area contributed by atoms with Crippen LogP contribution in [0.3, 0.4) is 0 Å². The number of nitrogens with one attached hydrogen (secondary N) is 1. The highest BCUT2D eigenvalue weighted by molar-refractivity contribution is 5.95. The predicted molar refractivity (Wildman–Crippen MR) is 258 cm³/mol. The van der Waals surface area contributed by atoms with E-state index in [0.717, 1.165) is 56.9 Å². The van der Waals surface area contributed by atoms with Crippen molar-refractivity contribution in [3.8, 4) is 11.5 Å². The molecule has 2 aromatic rings. The third-order valence-electron chi connectivity index (χ3n) is 12.2. The van der Waals surface area contributed by atoms with Crippen LogP contribution >= 0.6 is 0 Å². The zero-order valence-corrected chi connectivity index (χ0v) is 40.3. The molecule has 3 N–H and O–H groups in total. The summed E-state index contributed by atoms with van der Waals surface area (Å²) in [5, 5.41) is 24.7. The summed E-state index contributed by atoms with van der Waals surface area (Å²) in [7, 11) is 0. The first kappa shape index (κ1) is 53.4. The Morgan fingerprint density at radius 3 is 1.64 bits per heavy atom. The van der Waals surface area contributed by atoms with E-state index in [0.29, 0.717) is 37.6 Å². The molecule has 10 heteroatoms. The maximum absolute atomic E-state index is 14.3. The van der Waals surface area contributed by atoms with Gasteiger partial charge in [0.15, 0.2) is 23.9 Å². The van der Waals surface area contributed by atoms with Crippen LogP contribution in [0.1, 0.15) is 218 Å². The summed E-state index contributed by atoms with van der Waals surface area (Å²) >= 11 is 0. The van der Waals surface area contributed by atoms with Gasteiger partial charge in [-0.05, 0) is 43.0 Å². The van der Waals surface area contributed by atoms with Gasteiger partial charge in [-0.1, -0.05) is 205 Å². The fraction of sp³-hybridized carbons (Fsp3) is 0.741. The van der Waals surface area contributed by atoms with E-state index in [2.05, 4.69) is 26.1 Å². The number of esters is 1. The second-order valence-electron chi connectivity index (χ2n) is 17.9. The number of benzene rings is 2. The maximum atomic E-state index is 14.3. The van der Waals surface area contributed by atoms with E-state index in [1.807, 2.05) is 30.3 Å². The van der Waals surface area contributed by atoms with Gasteiger partial charge in [0, 0.05) is 13.3 Å². The van der Waals surface area contributed by atoms with Crippen LogP contribution in [0, 0.1) is 0 Å². The minimum atomic E-state index is -1.51. The summed E-state index contributed by atoms with van der Waals surface area (Å²) in [5.74, 6) is -0.281. The van der Waals surface area contributed by atoms with E-state index in [1.54, 1.807) is 18.2 Å². The summed E-state index contributed by atoms with van der Waals surface area (Å²) in [6, 6.07) is 13.3. The van der Waals surface area contributed by atoms with Crippen molar-refractivity contribution in [2.75, 3.05) is 19.8 Å². The molecule has 10 nitrogen and oxygen atoms in total. The Bertz CT molecular complexity index is 1500. The lowest BCUT2D eigenvalue weighted by Crippen LogP contribution is -2.65. The number of rotatable bonds is 39. The number of ether oxygens (including phenoxy) is 5. The molecule has 1 saturated heterocycles. The molecular weight excluding hydrogens is 807 g/mol. The largest absolute Gasteiger partial charge is 0.490 e. The number of amides is 1. The van der Waals surface area contributed by atoms with Crippen LogP contribution in [0.4, 0.5) is 0 Å². The third kappa shape index (κ3) is 23.3. The minimum Gasteiger partial charge on any atom is -0.490 e. The second kappa shape index (κ2) is 36.0. The van der Waals surface area contributed by atoms with Crippen LogP contribution in [-0.2, 0) is 25.6 Å². The normalized spacial score (nSPS) is 19.2. The molecular formula is C54H89NO9. The molecule has 0 radical (unpaired) electrons. The average Bonchev–Trinajstić information content (AvgIpc) is 3.32. The Morgan fingerprint density at radius 1 is 0.641 bits per heavy atom. The van der Waals surface area contributed by atoms with Gasteiger partial charge in [-0.3, -0.25) is 9.59 Å². The Morgan fingerprint density at radius 2 is 1.12 bits per heavy atom. The quantitative estimate of drug-likeness (QED) is 0.0443. The summed E-state index contributed by atoms with van der Waals surface area (Å²) in [6.45, 7) is 7.23. The lowest BCUT2D eigenvalue weighted by Gasteiger charge is -2.43. The Balaban J connectivity index is 1.73. The third-order valence-corrected chi connectivity index (χ3v) is 12.2. The first-order valence-corrected chi connectivity index (χ1v) is 25.8. The average molecular weight is 897 g/mol. The highest BCUT2D eigenvalue weighted by Gasteiger charge is 2.48. The molecule has 364 valence electrons. The molecule has 1 amide bonds. The molecule has 64 heavy (non-hydrogen) atoms. The van der Waals surface area contributed by atoms with Crippen LogP contribution in [0.2, 0.25) is 0 Å². The van der Waals surface area contributed by atoms with Crippen molar-refractivity contribution >= 4 is 11.9 Å². The number of hydrogen-bond acceptors (Lipinski definition) is 9. The van der Waals surface area contributed by atoms with E-state index >= 15 is 0 Å². The van der Waals surface area contributed by atoms with Crippen LogP contribution < -0.4 is 14.8 Å². The van der Waals surface area contributed by atoms with Gasteiger partial charge in [-0.25, -0.2) is 0 Å². The second-order valence-corrected chi connectivity index (χ2v) is 17.9. The van der Waals surface area contributed by atoms with E-state index in [9.17, 15) is 19.8 Å². The lowest BCUT2D eigenvalue weighted by molar-refractivity contribution is -0.275. The number of carbonyl (C=O) groups is 2. The van der Waals surface area contributed by atoms with E-state index in [4.69, 9.17) is 25.1 Å². The van der Waals surface area contributed by atoms with E-state index in [1.165, 1.54) is 109 Å². The topological polar surface area (TPSA) is 133 Å². The predicted octanol–water partition coefficient (Wildman–Crippen LogP) is 12.7. The summed E-state index contributed by atoms with van der Waals surface area (Å²) in [5.41, 5.74) is 1.12. The number of unbranched alkanes of at least 4 members (excludes halogenated alkanes) is 23. The molecule has 1 fully saturated rings. The van der Waals surface area contributed by atoms with Crippen molar-refractivity contribution in [2.24, 2.45) is 0 Å². The Kier molecular flexibility index (Phi) is 30.1. The molecule has 0 bridgehead atoms. The van der Waals surface area contributed by atoms with Crippen molar-refractivity contribution in [1.82, 2.24) is 5.32 Å². The number of hydrogen-bond donors (Lipinski definition) is 3. The fourth-order valence-corrected chi connectivity index (χ4v) is 8.24. The van der Waals surface area contributed by atoms with Gasteiger partial charge in [0.1, 0.15) is 18.2 Å². The van der Waals surface area contributed by atoms with E-state index < -0.39 is 55.5 Å². The van der Waals surface area contributed by atoms with Gasteiger partial charge < -0.3 is 39.2 Å². The zero-order valence-electron chi connectivity index (χ0n) is 41.3. The van der Waals surface area contributed by atoms with Crippen molar-refractivity contribution in [2.45, 2.75) is 238 Å². The first-order valence-electron chi connectivity index (χ1n) is 26.3. The maximum Gasteiger partial charge on any atom is 0.306 e. The van der Waals surface area contributed by atoms with Gasteiger partial charge in [-0.15, -0.1) is 0 Å². The van der Waals surface area contributed by atoms with Gasteiger partial charge in [-0.2, -0.15) is 0 Å². The standard InChI is InChI=1S/C54H89NO9/c1-4-7-10-13-16-19-20-21-22-25-31-36-49(57)64-52-50(54(63-48(42-56)51(52)58)62-43-44-34-29-28-30-35-44)55-53(59)45-37-38-46(60-39-32-26-23-17-14-11-8-5-2)47(41-45)61-40-33-27-24-18-15-12-9-6-3/h28-30,34-35,37-38,41,48,50-52,54,56,58H,4-27,31-33,36,39-40,42-43H2,1-3H3,(H,55,59)/t48-,50-,51-,52-,54?/m1/s1/i36D/t36?,48-,50-,51-,52-,54?. The molecule has 2 unspecified atom stereocenters. The lowest BCUT2D eigenvalue weighted by atomic mass is 9.96. The van der Waals surface area contributed by atoms with Crippen molar-refractivity contribution in [3.05, 3.63) is 59.7 Å². The van der Waals surface area contributed by atoms with Crippen molar-refractivity contribution < 1.29 is 44.9 Å². The molecule has 2 aromatic carbocycles. The summed E-state index contributed by atoms with van der Waals surface area (Å²) in [4.78, 5) is 27.8. The monoisotopic (exact) mass is 897 g/mol. The van der Waals surface area contributed by atoms with Crippen LogP contribution in [0.15, 0.2) is 48.5 Å². The minimum absolute atomic E-state index is 0.0915. The molecule has 1 heterocycles. The first-order chi connectivity index (χ1) is 31.8. The molecule has 0 aromatic heterocycles. The molecule has 1 aliphatic rings. The highest BCUT2D eigenvalue weighted by Crippen LogP contribution is 2.31. The van der Waals surface area contributed by atoms with Gasteiger partial charge in [0.05, 0.1) is 26.4 Å². The van der Waals surface area contributed by atoms with Crippen LogP contribution in [0.25, 0.3) is 0 Å². The molecule has 0 aliphatic carbocycles. The molecule has 6 atom stereocenters. The van der Waals surface area contributed by atoms with Gasteiger partial charge in [0.2, 0.25) is 0 Å². The van der Waals surface area contributed by atoms with Crippen molar-refractivity contribution in [3.63, 3.8) is 0 Å². The highest BCUT2D eigenvalue weighted by atomic mass is 16.7. The summed E-state index contributed by atoms with van der Waals surface area (Å²) < 4.78 is 39.4. The molecule has 3 rings (SSSR count). The Labute approximate surface area is 389 Å². The summed E-state index contributed by atoms with van der Waals surface area (Å²) in [6.07, 6.45) is 24.2. The smallest absolute Gasteiger partial charge is 0.306 e. The fourth-order valence-electron chi connectivity index (χ4n) is 8.24. The van der Waals surface area contributed by atoms with Gasteiger partial charge in [0.25, 0.3) is 5.91 Å². The number of aliphatic hydroxyl groups is 2. The Hall–Kier alpha value is -3.18. The number of aliphatic hydroxyl groups excluding tert-OH is 2. The zero-order chi connectivity index (χ0) is 46.7. The van der Waals surface area contributed by atoms with Crippen molar-refractivity contribution in [1.29, 1.82) is 0 Å². The molecule has 0 saturated carbocycles. The van der Waals surface area contributed by atoms with E-state index in [-0.39, 0.29) is 12.2 Å². The van der Waals surface area contributed by atoms with Gasteiger partial charge >= 0.3 is 5.97 Å². The molecule has 1 aliphatic heterocycles. The number of carbonyl (C=O) groups excluding carboxylic acids is 2. The van der Waals surface area contributed by atoms with Crippen LogP contribution in [-0.4, -0.2) is 72.6 Å². The SMILES string of the molecule is [2H]C(CCCCCCCCCCCC)C(=O)O[C@H]1[C@H](O)[C@@H](CO)OC(OCc2ccccc2)[C@@H]1NC(=O)c1ccc(OCCCCCCCCCC)c(OCCCCCCCCCC)c1.